The van der Waals surface area contributed by atoms with Crippen LogP contribution in [0, 0.1) is 5.41 Å². The van der Waals surface area contributed by atoms with Gasteiger partial charge in [0.1, 0.15) is 19.0 Å². The highest BCUT2D eigenvalue weighted by molar-refractivity contribution is 8.24. The second kappa shape index (κ2) is 13.2. The first kappa shape index (κ1) is 42.2. The minimum atomic E-state index is -8.47. The molecule has 1 atom stereocenters. The number of carbonyl (C=O) groups is 2. The summed E-state index contributed by atoms with van der Waals surface area (Å²) in [6, 6.07) is 1.67. The maximum Gasteiger partial charge on any atom is 0.499 e. The average Bonchev–Trinajstić information content (AvgIpc) is 2.88. The van der Waals surface area contributed by atoms with Crippen LogP contribution in [0.1, 0.15) is 37.6 Å². The number of sulfone groups is 3. The molecule has 1 unspecified atom stereocenters. The molecule has 13 nitrogen and oxygen atoms in total. The van der Waals surface area contributed by atoms with E-state index in [0.29, 0.717) is 18.6 Å². The number of esters is 2. The minimum absolute atomic E-state index is 0.288. The van der Waals surface area contributed by atoms with E-state index in [1.54, 1.807) is 20.8 Å². The molecule has 272 valence electrons. The Morgan fingerprint density at radius 3 is 1.57 bits per heavy atom. The van der Waals surface area contributed by atoms with Gasteiger partial charge in [0.25, 0.3) is 23.6 Å². The molecular weight excluding hydrogens is 759 g/mol. The summed E-state index contributed by atoms with van der Waals surface area (Å²) in [7, 11) is -30.5. The molecule has 0 saturated carbocycles. The van der Waals surface area contributed by atoms with Crippen molar-refractivity contribution in [3.8, 4) is 5.75 Å². The van der Waals surface area contributed by atoms with Gasteiger partial charge >= 0.3 is 44.0 Å². The monoisotopic (exact) mass is 782 g/mol. The fourth-order valence-corrected chi connectivity index (χ4v) is 11.2. The van der Waals surface area contributed by atoms with Crippen LogP contribution in [-0.4, -0.2) is 90.9 Å². The molecule has 0 aliphatic heterocycles. The standard InChI is InChI=1S/C21H23F9O13S4/c1-5-17(2,3)15(32)42-11-10-41-14(31)12-6-8-13(9-7-12)43-47(39,40)20(26,27)18(22,23)19(24,25)45(35,36)16(44(4,33)34)46(37,38)21(28,29)30/h6-9,16H,5,10-11H2,1-4H3. The van der Waals surface area contributed by atoms with E-state index in [1.807, 2.05) is 0 Å². The molecular formula is C21H23F9O13S4. The third kappa shape index (κ3) is 8.06. The van der Waals surface area contributed by atoms with Crippen molar-refractivity contribution in [3.05, 3.63) is 29.8 Å². The van der Waals surface area contributed by atoms with Crippen molar-refractivity contribution in [3.63, 3.8) is 0 Å². The SMILES string of the molecule is CCC(C)(C)C(=O)OCCOC(=O)c1ccc(OS(=O)(=O)C(F)(F)C(F)(F)C(F)(F)S(=O)(=O)C(S(C)(=O)=O)S(=O)(=O)C(F)(F)F)cc1. The summed E-state index contributed by atoms with van der Waals surface area (Å²) in [6.07, 6.45) is -0.357. The topological polar surface area (TPSA) is 198 Å². The summed E-state index contributed by atoms with van der Waals surface area (Å²) < 4.78 is 227. The third-order valence-corrected chi connectivity index (χ3v) is 15.6. The first-order chi connectivity index (χ1) is 20.7. The lowest BCUT2D eigenvalue weighted by Crippen LogP contribution is -2.64. The zero-order chi connectivity index (χ0) is 37.5. The predicted octanol–water partition coefficient (Wildman–Crippen LogP) is 3.03. The Labute approximate surface area is 261 Å². The predicted molar refractivity (Wildman–Crippen MR) is 139 cm³/mol. The number of benzene rings is 1. The first-order valence-electron chi connectivity index (χ1n) is 11.9. The fourth-order valence-electron chi connectivity index (χ4n) is 2.88. The highest BCUT2D eigenvalue weighted by Crippen LogP contribution is 2.53. The Bertz CT molecular complexity index is 1790. The van der Waals surface area contributed by atoms with Crippen molar-refractivity contribution < 1.29 is 96.4 Å². The number of hydrogen-bond acceptors (Lipinski definition) is 13. The zero-order valence-electron chi connectivity index (χ0n) is 23.8. The third-order valence-electron chi connectivity index (χ3n) is 5.86. The fraction of sp³-hybridized carbons (Fsp3) is 0.619. The van der Waals surface area contributed by atoms with Crippen molar-refractivity contribution in [1.29, 1.82) is 0 Å². The van der Waals surface area contributed by atoms with Crippen molar-refractivity contribution in [2.45, 2.75) is 53.0 Å². The van der Waals surface area contributed by atoms with Crippen molar-refractivity contribution >= 4 is 51.6 Å². The lowest BCUT2D eigenvalue weighted by molar-refractivity contribution is -0.245. The minimum Gasteiger partial charge on any atom is -0.462 e. The van der Waals surface area contributed by atoms with Crippen LogP contribution in [0.15, 0.2) is 24.3 Å². The van der Waals surface area contributed by atoms with E-state index >= 15 is 0 Å². The van der Waals surface area contributed by atoms with Gasteiger partial charge in [-0.05, 0) is 44.5 Å². The van der Waals surface area contributed by atoms with Crippen molar-refractivity contribution in [2.24, 2.45) is 5.41 Å². The Morgan fingerprint density at radius 1 is 0.723 bits per heavy atom. The van der Waals surface area contributed by atoms with E-state index in [9.17, 15) is 82.8 Å². The van der Waals surface area contributed by atoms with Gasteiger partial charge in [0.15, 0.2) is 9.84 Å². The molecule has 26 heteroatoms. The Kier molecular flexibility index (Phi) is 11.8. The van der Waals surface area contributed by atoms with Crippen LogP contribution in [0.3, 0.4) is 0 Å². The van der Waals surface area contributed by atoms with Crippen molar-refractivity contribution in [2.75, 3.05) is 19.5 Å². The largest absolute Gasteiger partial charge is 0.499 e. The number of hydrogen-bond donors (Lipinski definition) is 0. The number of rotatable bonds is 15. The van der Waals surface area contributed by atoms with E-state index in [2.05, 4.69) is 4.18 Å². The molecule has 0 saturated heterocycles. The average molecular weight is 783 g/mol. The van der Waals surface area contributed by atoms with Crippen LogP contribution in [0.2, 0.25) is 0 Å². The Balaban J connectivity index is 3.33. The molecule has 1 aromatic carbocycles. The summed E-state index contributed by atoms with van der Waals surface area (Å²) in [6.45, 7) is 3.87. The lowest BCUT2D eigenvalue weighted by Gasteiger charge is -2.32. The van der Waals surface area contributed by atoms with Gasteiger partial charge in [0, 0.05) is 6.26 Å². The second-order valence-corrected chi connectivity index (χ2v) is 18.5. The van der Waals surface area contributed by atoms with E-state index < -0.39 is 114 Å². The molecule has 1 rings (SSSR count). The first-order valence-corrected chi connectivity index (χ1v) is 18.4. The summed E-state index contributed by atoms with van der Waals surface area (Å²) >= 11 is 0. The van der Waals surface area contributed by atoms with Gasteiger partial charge in [-0.2, -0.15) is 47.9 Å². The van der Waals surface area contributed by atoms with Crippen molar-refractivity contribution in [1.82, 2.24) is 0 Å². The van der Waals surface area contributed by atoms with E-state index in [-0.39, 0.29) is 12.1 Å². The van der Waals surface area contributed by atoms with Crippen LogP contribution in [0.5, 0.6) is 5.75 Å². The van der Waals surface area contributed by atoms with Gasteiger partial charge in [0.05, 0.1) is 11.0 Å². The molecule has 0 aromatic heterocycles. The number of carbonyl (C=O) groups excluding carboxylic acids is 2. The number of alkyl halides is 9. The van der Waals surface area contributed by atoms with Gasteiger partial charge < -0.3 is 13.7 Å². The number of ether oxygens (including phenoxy) is 2. The molecule has 0 fully saturated rings. The van der Waals surface area contributed by atoms with Gasteiger partial charge in [-0.15, -0.1) is 0 Å². The summed E-state index contributed by atoms with van der Waals surface area (Å²) in [5.41, 5.74) is -8.42. The van der Waals surface area contributed by atoms with Gasteiger partial charge in [0.2, 0.25) is 0 Å². The number of halogens is 9. The van der Waals surface area contributed by atoms with E-state index in [4.69, 9.17) is 9.47 Å². The van der Waals surface area contributed by atoms with Gasteiger partial charge in [-0.1, -0.05) is 6.92 Å². The molecule has 0 bridgehead atoms. The highest BCUT2D eigenvalue weighted by atomic mass is 32.3. The molecule has 0 spiro atoms. The Morgan fingerprint density at radius 2 is 1.17 bits per heavy atom. The molecule has 0 aliphatic carbocycles. The van der Waals surface area contributed by atoms with Gasteiger partial charge in [-0.3, -0.25) is 4.79 Å². The van der Waals surface area contributed by atoms with Crippen LogP contribution in [-0.2, 0) is 53.9 Å². The zero-order valence-corrected chi connectivity index (χ0v) is 27.1. The van der Waals surface area contributed by atoms with E-state index in [0.717, 1.165) is 0 Å². The van der Waals surface area contributed by atoms with Crippen LogP contribution >= 0.6 is 0 Å². The second-order valence-electron chi connectivity index (χ2n) is 9.83. The van der Waals surface area contributed by atoms with Crippen LogP contribution in [0.4, 0.5) is 39.5 Å². The summed E-state index contributed by atoms with van der Waals surface area (Å²) in [5, 5.41) is -15.3. The molecule has 0 radical (unpaired) electrons. The molecule has 0 aliphatic rings. The van der Waals surface area contributed by atoms with Crippen LogP contribution < -0.4 is 4.18 Å². The highest BCUT2D eigenvalue weighted by Gasteiger charge is 2.85. The molecule has 1 aromatic rings. The maximum absolute atomic E-state index is 14.5. The smallest absolute Gasteiger partial charge is 0.462 e. The molecule has 0 N–H and O–H groups in total. The van der Waals surface area contributed by atoms with E-state index in [1.165, 1.54) is 0 Å². The molecule has 0 heterocycles. The summed E-state index contributed by atoms with van der Waals surface area (Å²) in [5.74, 6) is -11.2. The maximum atomic E-state index is 14.5. The Hall–Kier alpha value is -2.87. The van der Waals surface area contributed by atoms with Crippen LogP contribution in [0.25, 0.3) is 0 Å². The molecule has 0 amide bonds. The quantitative estimate of drug-likeness (QED) is 0.109. The summed E-state index contributed by atoms with van der Waals surface area (Å²) in [4.78, 5) is 23.9. The normalized spacial score (nSPS) is 15.1. The molecule has 47 heavy (non-hydrogen) atoms. The lowest BCUT2D eigenvalue weighted by atomic mass is 9.91. The van der Waals surface area contributed by atoms with Gasteiger partial charge in [-0.25, -0.2) is 30.0 Å².